The molecule has 1 aliphatic heterocycles. The summed E-state index contributed by atoms with van der Waals surface area (Å²) >= 11 is 3.42. The smallest absolute Gasteiger partial charge is 0.274 e. The SMILES string of the molecule is Cc1cc(C(=O)N2CCCC2)nn1-c1ccc(Br)cc1. The molecule has 0 radical (unpaired) electrons. The molecule has 1 aliphatic rings. The maximum Gasteiger partial charge on any atom is 0.274 e. The summed E-state index contributed by atoms with van der Waals surface area (Å²) in [6, 6.07) is 9.77. The number of aromatic nitrogens is 2. The molecule has 0 aliphatic carbocycles. The highest BCUT2D eigenvalue weighted by Crippen LogP contribution is 2.18. The van der Waals surface area contributed by atoms with Gasteiger partial charge in [-0.25, -0.2) is 4.68 Å². The first-order valence-corrected chi connectivity index (χ1v) is 7.56. The third-order valence-corrected chi connectivity index (χ3v) is 4.10. The van der Waals surface area contributed by atoms with Crippen LogP contribution < -0.4 is 0 Å². The largest absolute Gasteiger partial charge is 0.337 e. The van der Waals surface area contributed by atoms with Crippen molar-refractivity contribution in [3.8, 4) is 5.69 Å². The Kier molecular flexibility index (Phi) is 3.61. The number of nitrogens with zero attached hydrogens (tertiary/aromatic N) is 3. The van der Waals surface area contributed by atoms with Crippen LogP contribution in [0.4, 0.5) is 0 Å². The Hall–Kier alpha value is -1.62. The van der Waals surface area contributed by atoms with Gasteiger partial charge in [-0.3, -0.25) is 4.79 Å². The Labute approximate surface area is 126 Å². The van der Waals surface area contributed by atoms with Crippen LogP contribution in [0.3, 0.4) is 0 Å². The van der Waals surface area contributed by atoms with Gasteiger partial charge in [0.05, 0.1) is 5.69 Å². The summed E-state index contributed by atoms with van der Waals surface area (Å²) in [5.41, 5.74) is 2.47. The van der Waals surface area contributed by atoms with E-state index < -0.39 is 0 Å². The van der Waals surface area contributed by atoms with Crippen LogP contribution >= 0.6 is 15.9 Å². The lowest BCUT2D eigenvalue weighted by Gasteiger charge is -2.12. The number of benzene rings is 1. The fourth-order valence-corrected chi connectivity index (χ4v) is 2.77. The molecule has 0 unspecified atom stereocenters. The quantitative estimate of drug-likeness (QED) is 0.846. The van der Waals surface area contributed by atoms with Gasteiger partial charge >= 0.3 is 0 Å². The van der Waals surface area contributed by atoms with Gasteiger partial charge in [0.25, 0.3) is 5.91 Å². The molecule has 1 aromatic heterocycles. The summed E-state index contributed by atoms with van der Waals surface area (Å²) in [6.07, 6.45) is 2.19. The molecule has 1 amide bonds. The van der Waals surface area contributed by atoms with Gasteiger partial charge in [-0.05, 0) is 50.1 Å². The van der Waals surface area contributed by atoms with Crippen molar-refractivity contribution in [1.82, 2.24) is 14.7 Å². The number of hydrogen-bond acceptors (Lipinski definition) is 2. The van der Waals surface area contributed by atoms with Gasteiger partial charge in [-0.2, -0.15) is 5.10 Å². The predicted molar refractivity (Wildman–Crippen MR) is 81.1 cm³/mol. The summed E-state index contributed by atoms with van der Waals surface area (Å²) in [6.45, 7) is 3.67. The lowest BCUT2D eigenvalue weighted by atomic mass is 10.3. The van der Waals surface area contributed by atoms with E-state index in [1.165, 1.54) is 0 Å². The molecule has 5 heteroatoms. The Balaban J connectivity index is 1.90. The summed E-state index contributed by atoms with van der Waals surface area (Å²) in [5.74, 6) is 0.0430. The van der Waals surface area contributed by atoms with E-state index in [2.05, 4.69) is 21.0 Å². The minimum atomic E-state index is 0.0430. The third kappa shape index (κ3) is 2.50. The highest BCUT2D eigenvalue weighted by Gasteiger charge is 2.22. The van der Waals surface area contributed by atoms with E-state index in [0.717, 1.165) is 41.8 Å². The zero-order valence-electron chi connectivity index (χ0n) is 11.3. The van der Waals surface area contributed by atoms with Crippen LogP contribution in [0.25, 0.3) is 5.69 Å². The first-order chi connectivity index (χ1) is 9.65. The van der Waals surface area contributed by atoms with Crippen LogP contribution in [0.5, 0.6) is 0 Å². The summed E-state index contributed by atoms with van der Waals surface area (Å²) in [4.78, 5) is 14.2. The van der Waals surface area contributed by atoms with Gasteiger partial charge in [0.2, 0.25) is 0 Å². The number of aryl methyl sites for hydroxylation is 1. The molecule has 104 valence electrons. The molecule has 0 N–H and O–H groups in total. The van der Waals surface area contributed by atoms with Crippen LogP contribution in [0.1, 0.15) is 29.0 Å². The maximum atomic E-state index is 12.3. The normalized spacial score (nSPS) is 14.8. The topological polar surface area (TPSA) is 38.1 Å². The molecule has 0 saturated carbocycles. The second-order valence-electron chi connectivity index (χ2n) is 5.06. The van der Waals surface area contributed by atoms with E-state index in [0.29, 0.717) is 5.69 Å². The van der Waals surface area contributed by atoms with Crippen molar-refractivity contribution in [3.05, 3.63) is 46.2 Å². The number of rotatable bonds is 2. The average molecular weight is 334 g/mol. The van der Waals surface area contributed by atoms with Crippen molar-refractivity contribution >= 4 is 21.8 Å². The van der Waals surface area contributed by atoms with Crippen LogP contribution in [0.2, 0.25) is 0 Å². The number of halogens is 1. The molecule has 4 nitrogen and oxygen atoms in total. The highest BCUT2D eigenvalue weighted by atomic mass is 79.9. The molecule has 3 rings (SSSR count). The van der Waals surface area contributed by atoms with Gasteiger partial charge in [-0.15, -0.1) is 0 Å². The van der Waals surface area contributed by atoms with E-state index in [4.69, 9.17) is 0 Å². The van der Waals surface area contributed by atoms with Gasteiger partial charge in [0.15, 0.2) is 5.69 Å². The fraction of sp³-hybridized carbons (Fsp3) is 0.333. The molecule has 1 aromatic carbocycles. The van der Waals surface area contributed by atoms with E-state index >= 15 is 0 Å². The monoisotopic (exact) mass is 333 g/mol. The Bertz CT molecular complexity index is 627. The van der Waals surface area contributed by atoms with Gasteiger partial charge < -0.3 is 4.90 Å². The Morgan fingerprint density at radius 3 is 2.50 bits per heavy atom. The number of hydrogen-bond donors (Lipinski definition) is 0. The molecular formula is C15H16BrN3O. The van der Waals surface area contributed by atoms with E-state index in [-0.39, 0.29) is 5.91 Å². The standard InChI is InChI=1S/C15H16BrN3O/c1-11-10-14(15(20)18-8-2-3-9-18)17-19(11)13-6-4-12(16)5-7-13/h4-7,10H,2-3,8-9H2,1H3. The van der Waals surface area contributed by atoms with Gasteiger partial charge in [-0.1, -0.05) is 15.9 Å². The number of carbonyl (C=O) groups excluding carboxylic acids is 1. The van der Waals surface area contributed by atoms with Crippen molar-refractivity contribution in [2.24, 2.45) is 0 Å². The minimum Gasteiger partial charge on any atom is -0.337 e. The molecular weight excluding hydrogens is 318 g/mol. The first kappa shape index (κ1) is 13.4. The van der Waals surface area contributed by atoms with Gasteiger partial charge in [0, 0.05) is 23.3 Å². The van der Waals surface area contributed by atoms with E-state index in [1.54, 1.807) is 0 Å². The van der Waals surface area contributed by atoms with E-state index in [1.807, 2.05) is 46.8 Å². The lowest BCUT2D eigenvalue weighted by Crippen LogP contribution is -2.28. The molecule has 1 fully saturated rings. The molecule has 2 heterocycles. The summed E-state index contributed by atoms with van der Waals surface area (Å²) in [7, 11) is 0. The van der Waals surface area contributed by atoms with Crippen LogP contribution in [-0.4, -0.2) is 33.7 Å². The lowest BCUT2D eigenvalue weighted by molar-refractivity contribution is 0.0786. The molecule has 2 aromatic rings. The zero-order chi connectivity index (χ0) is 14.1. The zero-order valence-corrected chi connectivity index (χ0v) is 12.9. The first-order valence-electron chi connectivity index (χ1n) is 6.77. The molecule has 0 bridgehead atoms. The second-order valence-corrected chi connectivity index (χ2v) is 5.97. The molecule has 0 atom stereocenters. The van der Waals surface area contributed by atoms with Gasteiger partial charge in [0.1, 0.15) is 0 Å². The minimum absolute atomic E-state index is 0.0430. The summed E-state index contributed by atoms with van der Waals surface area (Å²) < 4.78 is 2.84. The molecule has 20 heavy (non-hydrogen) atoms. The number of amides is 1. The third-order valence-electron chi connectivity index (χ3n) is 3.57. The number of likely N-dealkylation sites (tertiary alicyclic amines) is 1. The fourth-order valence-electron chi connectivity index (χ4n) is 2.50. The van der Waals surface area contributed by atoms with E-state index in [9.17, 15) is 4.79 Å². The Morgan fingerprint density at radius 1 is 1.20 bits per heavy atom. The molecule has 1 saturated heterocycles. The van der Waals surface area contributed by atoms with Crippen molar-refractivity contribution in [3.63, 3.8) is 0 Å². The van der Waals surface area contributed by atoms with Crippen molar-refractivity contribution < 1.29 is 4.79 Å². The number of carbonyl (C=O) groups is 1. The summed E-state index contributed by atoms with van der Waals surface area (Å²) in [5, 5.41) is 4.46. The van der Waals surface area contributed by atoms with Crippen LogP contribution in [-0.2, 0) is 0 Å². The maximum absolute atomic E-state index is 12.3. The predicted octanol–water partition coefficient (Wildman–Crippen LogP) is 3.18. The van der Waals surface area contributed by atoms with Crippen molar-refractivity contribution in [2.75, 3.05) is 13.1 Å². The second kappa shape index (κ2) is 5.40. The van der Waals surface area contributed by atoms with Crippen molar-refractivity contribution in [2.45, 2.75) is 19.8 Å². The average Bonchev–Trinajstić information content (AvgIpc) is 3.08. The van der Waals surface area contributed by atoms with Crippen LogP contribution in [0.15, 0.2) is 34.8 Å². The Morgan fingerprint density at radius 2 is 1.85 bits per heavy atom. The van der Waals surface area contributed by atoms with Crippen LogP contribution in [0, 0.1) is 6.92 Å². The highest BCUT2D eigenvalue weighted by molar-refractivity contribution is 9.10. The van der Waals surface area contributed by atoms with Crippen molar-refractivity contribution in [1.29, 1.82) is 0 Å². The molecule has 0 spiro atoms.